The Hall–Kier alpha value is -0.900. The van der Waals surface area contributed by atoms with Gasteiger partial charge in [0.2, 0.25) is 0 Å². The molecule has 0 aliphatic carbocycles. The van der Waals surface area contributed by atoms with Gasteiger partial charge in [-0.05, 0) is 36.1 Å². The van der Waals surface area contributed by atoms with E-state index in [-0.39, 0.29) is 12.4 Å². The zero-order valence-corrected chi connectivity index (χ0v) is 10.7. The molecule has 0 aliphatic heterocycles. The number of thiophene rings is 1. The van der Waals surface area contributed by atoms with E-state index in [9.17, 15) is 0 Å². The summed E-state index contributed by atoms with van der Waals surface area (Å²) in [5.74, 6) is 0. The van der Waals surface area contributed by atoms with Crippen molar-refractivity contribution in [2.75, 3.05) is 0 Å². The van der Waals surface area contributed by atoms with Crippen LogP contribution in [0.25, 0.3) is 0 Å². The molecule has 0 atom stereocenters. The Kier molecular flexibility index (Phi) is 5.46. The fourth-order valence-electron chi connectivity index (χ4n) is 1.39. The van der Waals surface area contributed by atoms with Crippen LogP contribution in [0.1, 0.15) is 16.1 Å². The minimum absolute atomic E-state index is 0. The van der Waals surface area contributed by atoms with E-state index in [0.29, 0.717) is 0 Å². The summed E-state index contributed by atoms with van der Waals surface area (Å²) in [5.41, 5.74) is 2.46. The molecule has 0 saturated carbocycles. The molecule has 0 radical (unpaired) electrons. The Morgan fingerprint density at radius 3 is 2.75 bits per heavy atom. The van der Waals surface area contributed by atoms with Crippen LogP contribution in [0.5, 0.6) is 0 Å². The number of nitrogens with zero attached hydrogens (tertiary/aromatic N) is 1. The fraction of sp³-hybridized carbons (Fsp3) is 0.250. The number of aromatic nitrogens is 1. The van der Waals surface area contributed by atoms with Crippen molar-refractivity contribution in [3.05, 3.63) is 52.0 Å². The maximum atomic E-state index is 4.26. The summed E-state index contributed by atoms with van der Waals surface area (Å²) >= 11 is 1.80. The number of pyridine rings is 1. The van der Waals surface area contributed by atoms with Gasteiger partial charge in [-0.15, -0.1) is 11.3 Å². The van der Waals surface area contributed by atoms with Gasteiger partial charge in [-0.2, -0.15) is 0 Å². The summed E-state index contributed by atoms with van der Waals surface area (Å²) in [6.07, 6.45) is 1.83. The highest BCUT2D eigenvalue weighted by Gasteiger charge is 1.99. The number of rotatable bonds is 4. The zero-order chi connectivity index (χ0) is 10.5. The first-order valence-electron chi connectivity index (χ1n) is 5.00. The van der Waals surface area contributed by atoms with Gasteiger partial charge < -0.3 is 17.7 Å². The lowest BCUT2D eigenvalue weighted by Gasteiger charge is -2.03. The van der Waals surface area contributed by atoms with E-state index < -0.39 is 0 Å². The molecule has 0 unspecified atom stereocenters. The third kappa shape index (κ3) is 3.59. The van der Waals surface area contributed by atoms with Crippen molar-refractivity contribution in [2.45, 2.75) is 20.0 Å². The first kappa shape index (κ1) is 13.2. The zero-order valence-electron chi connectivity index (χ0n) is 9.11. The SMILES string of the molecule is Cc1ccsc1CNCc1ccccn1.[Cl-]. The monoisotopic (exact) mass is 253 g/mol. The molecule has 0 spiro atoms. The molecule has 0 aromatic carbocycles. The highest BCUT2D eigenvalue weighted by atomic mass is 35.5. The van der Waals surface area contributed by atoms with E-state index >= 15 is 0 Å². The lowest BCUT2D eigenvalue weighted by molar-refractivity contribution is -0.00000315. The first-order valence-corrected chi connectivity index (χ1v) is 5.88. The van der Waals surface area contributed by atoms with E-state index in [4.69, 9.17) is 0 Å². The smallest absolute Gasteiger partial charge is 0.0541 e. The third-order valence-corrected chi connectivity index (χ3v) is 3.31. The van der Waals surface area contributed by atoms with Gasteiger partial charge >= 0.3 is 0 Å². The molecule has 0 aliphatic rings. The standard InChI is InChI=1S/C12H14N2S.ClH/c1-10-5-7-15-12(10)9-13-8-11-4-2-3-6-14-11;/h2-7,13H,8-9H2,1H3;1H/p-1. The van der Waals surface area contributed by atoms with Gasteiger partial charge in [0.1, 0.15) is 0 Å². The van der Waals surface area contributed by atoms with Crippen LogP contribution < -0.4 is 17.7 Å². The minimum atomic E-state index is 0. The molecule has 0 amide bonds. The number of hydrogen-bond acceptors (Lipinski definition) is 3. The summed E-state index contributed by atoms with van der Waals surface area (Å²) in [5, 5.41) is 5.52. The first-order chi connectivity index (χ1) is 7.36. The predicted octanol–water partition coefficient (Wildman–Crippen LogP) is -0.255. The minimum Gasteiger partial charge on any atom is -1.00 e. The maximum absolute atomic E-state index is 4.26. The maximum Gasteiger partial charge on any atom is 0.0541 e. The molecule has 2 nitrogen and oxygen atoms in total. The number of aryl methyl sites for hydroxylation is 1. The fourth-order valence-corrected chi connectivity index (χ4v) is 2.27. The largest absolute Gasteiger partial charge is 1.00 e. The number of halogens is 1. The average molecular weight is 254 g/mol. The summed E-state index contributed by atoms with van der Waals surface area (Å²) in [7, 11) is 0. The molecule has 2 rings (SSSR count). The molecule has 16 heavy (non-hydrogen) atoms. The predicted molar refractivity (Wildman–Crippen MR) is 63.8 cm³/mol. The van der Waals surface area contributed by atoms with Crippen molar-refractivity contribution in [2.24, 2.45) is 0 Å². The van der Waals surface area contributed by atoms with Crippen molar-refractivity contribution in [3.63, 3.8) is 0 Å². The quantitative estimate of drug-likeness (QED) is 0.813. The van der Waals surface area contributed by atoms with Crippen LogP contribution in [0.4, 0.5) is 0 Å². The van der Waals surface area contributed by atoms with Crippen LogP contribution in [0.3, 0.4) is 0 Å². The van der Waals surface area contributed by atoms with Crippen LogP contribution in [-0.2, 0) is 13.1 Å². The van der Waals surface area contributed by atoms with Gasteiger partial charge in [-0.3, -0.25) is 4.98 Å². The molecule has 2 aromatic heterocycles. The van der Waals surface area contributed by atoms with Crippen molar-refractivity contribution < 1.29 is 12.4 Å². The second-order valence-corrected chi connectivity index (χ2v) is 4.45. The Labute approximate surface area is 106 Å². The Morgan fingerprint density at radius 2 is 2.12 bits per heavy atom. The van der Waals surface area contributed by atoms with Crippen LogP contribution in [0.2, 0.25) is 0 Å². The van der Waals surface area contributed by atoms with E-state index in [1.54, 1.807) is 11.3 Å². The summed E-state index contributed by atoms with van der Waals surface area (Å²) < 4.78 is 0. The molecule has 1 N–H and O–H groups in total. The molecular weight excluding hydrogens is 240 g/mol. The number of nitrogens with one attached hydrogen (secondary N) is 1. The van der Waals surface area contributed by atoms with Crippen LogP contribution in [0.15, 0.2) is 35.8 Å². The van der Waals surface area contributed by atoms with Crippen LogP contribution in [-0.4, -0.2) is 4.98 Å². The van der Waals surface area contributed by atoms with Gasteiger partial charge in [0, 0.05) is 24.2 Å². The molecule has 2 aromatic rings. The van der Waals surface area contributed by atoms with Gasteiger partial charge in [-0.25, -0.2) is 0 Å². The average Bonchev–Trinajstić information content (AvgIpc) is 2.66. The van der Waals surface area contributed by atoms with Gasteiger partial charge in [0.05, 0.1) is 5.69 Å². The lowest BCUT2D eigenvalue weighted by atomic mass is 10.3. The van der Waals surface area contributed by atoms with E-state index in [1.165, 1.54) is 10.4 Å². The Bertz CT molecular complexity index is 414. The molecule has 4 heteroatoms. The summed E-state index contributed by atoms with van der Waals surface area (Å²) in [6.45, 7) is 3.91. The molecule has 0 saturated heterocycles. The summed E-state index contributed by atoms with van der Waals surface area (Å²) in [6, 6.07) is 8.14. The van der Waals surface area contributed by atoms with E-state index in [2.05, 4.69) is 28.7 Å². The van der Waals surface area contributed by atoms with Crippen molar-refractivity contribution in [3.8, 4) is 0 Å². The number of hydrogen-bond donors (Lipinski definition) is 1. The second kappa shape index (κ2) is 6.63. The van der Waals surface area contributed by atoms with Gasteiger partial charge in [0.15, 0.2) is 0 Å². The third-order valence-electron chi connectivity index (χ3n) is 2.29. The topological polar surface area (TPSA) is 24.9 Å². The molecule has 0 bridgehead atoms. The highest BCUT2D eigenvalue weighted by molar-refractivity contribution is 7.10. The van der Waals surface area contributed by atoms with Gasteiger partial charge in [0.25, 0.3) is 0 Å². The normalized spacial score (nSPS) is 9.81. The highest BCUT2D eigenvalue weighted by Crippen LogP contribution is 2.14. The molecule has 86 valence electrons. The Balaban J connectivity index is 0.00000128. The van der Waals surface area contributed by atoms with Gasteiger partial charge in [-0.1, -0.05) is 6.07 Å². The van der Waals surface area contributed by atoms with Crippen molar-refractivity contribution >= 4 is 11.3 Å². The van der Waals surface area contributed by atoms with E-state index in [1.807, 2.05) is 24.4 Å². The molecule has 0 fully saturated rings. The second-order valence-electron chi connectivity index (χ2n) is 3.45. The lowest BCUT2D eigenvalue weighted by Crippen LogP contribution is -3.00. The molecule has 2 heterocycles. The van der Waals surface area contributed by atoms with Crippen LogP contribution >= 0.6 is 11.3 Å². The van der Waals surface area contributed by atoms with E-state index in [0.717, 1.165) is 18.8 Å². The van der Waals surface area contributed by atoms with Crippen molar-refractivity contribution in [1.29, 1.82) is 0 Å². The van der Waals surface area contributed by atoms with Crippen molar-refractivity contribution in [1.82, 2.24) is 10.3 Å². The molecular formula is C12H14ClN2S-. The van der Waals surface area contributed by atoms with Crippen LogP contribution in [0, 0.1) is 6.92 Å². The Morgan fingerprint density at radius 1 is 1.25 bits per heavy atom. The summed E-state index contributed by atoms with van der Waals surface area (Å²) in [4.78, 5) is 5.67.